The molecule has 0 amide bonds. The van der Waals surface area contributed by atoms with Crippen molar-refractivity contribution in [2.45, 2.75) is 31.6 Å². The number of para-hydroxylation sites is 2. The molecule has 71 heavy (non-hydrogen) atoms. The van der Waals surface area contributed by atoms with E-state index in [4.69, 9.17) is 4.42 Å². The summed E-state index contributed by atoms with van der Waals surface area (Å²) in [6.07, 6.45) is 0. The lowest BCUT2D eigenvalue weighted by atomic mass is 9.74. The van der Waals surface area contributed by atoms with E-state index in [0.29, 0.717) is 0 Å². The van der Waals surface area contributed by atoms with Gasteiger partial charge < -0.3 is 9.32 Å². The smallest absolute Gasteiger partial charge is 0.143 e. The summed E-state index contributed by atoms with van der Waals surface area (Å²) < 4.78 is 6.79. The Bertz CT molecular complexity index is 4100. The van der Waals surface area contributed by atoms with Crippen LogP contribution in [-0.2, 0) is 10.8 Å². The van der Waals surface area contributed by atoms with Gasteiger partial charge in [0.05, 0.1) is 11.4 Å². The molecule has 0 aliphatic heterocycles. The largest absolute Gasteiger partial charge is 0.455 e. The number of fused-ring (bicyclic) bond motifs is 11. The Morgan fingerprint density at radius 3 is 1.68 bits per heavy atom. The fraction of sp³-hybridized carbons (Fsp3) is 0.0725. The van der Waals surface area contributed by atoms with Gasteiger partial charge in [-0.1, -0.05) is 214 Å². The van der Waals surface area contributed by atoms with Gasteiger partial charge in [-0.25, -0.2) is 0 Å². The van der Waals surface area contributed by atoms with E-state index in [-0.39, 0.29) is 10.8 Å². The van der Waals surface area contributed by atoms with E-state index in [1.807, 2.05) is 0 Å². The molecule has 1 aromatic heterocycles. The van der Waals surface area contributed by atoms with Gasteiger partial charge in [-0.15, -0.1) is 0 Å². The molecule has 0 bridgehead atoms. The molecule has 0 radical (unpaired) electrons. The predicted octanol–water partition coefficient (Wildman–Crippen LogP) is 18.9. The average molecular weight is 908 g/mol. The number of furan rings is 1. The summed E-state index contributed by atoms with van der Waals surface area (Å²) in [4.78, 5) is 2.49. The van der Waals surface area contributed by atoms with Gasteiger partial charge in [-0.3, -0.25) is 0 Å². The lowest BCUT2D eigenvalue weighted by molar-refractivity contribution is 0.662. The maximum Gasteiger partial charge on any atom is 0.143 e. The highest BCUT2D eigenvalue weighted by molar-refractivity contribution is 6.20. The third-order valence-corrected chi connectivity index (χ3v) is 16.0. The van der Waals surface area contributed by atoms with E-state index in [9.17, 15) is 0 Å². The van der Waals surface area contributed by atoms with E-state index >= 15 is 0 Å². The van der Waals surface area contributed by atoms with Crippen LogP contribution in [0, 0.1) is 0 Å². The zero-order valence-electron chi connectivity index (χ0n) is 39.9. The summed E-state index contributed by atoms with van der Waals surface area (Å²) in [5, 5.41) is 4.52. The second-order valence-corrected chi connectivity index (χ2v) is 20.1. The molecule has 0 saturated heterocycles. The molecule has 0 fully saturated rings. The monoisotopic (exact) mass is 907 g/mol. The fourth-order valence-electron chi connectivity index (χ4n) is 12.6. The summed E-state index contributed by atoms with van der Waals surface area (Å²) in [6, 6.07) is 89.5. The van der Waals surface area contributed by atoms with E-state index in [2.05, 4.69) is 268 Å². The normalized spacial score (nSPS) is 15.1. The van der Waals surface area contributed by atoms with Crippen molar-refractivity contribution in [3.05, 3.63) is 270 Å². The number of hydrogen-bond donors (Lipinski definition) is 0. The topological polar surface area (TPSA) is 16.4 Å². The van der Waals surface area contributed by atoms with E-state index in [1.54, 1.807) is 0 Å². The second kappa shape index (κ2) is 15.7. The van der Waals surface area contributed by atoms with E-state index in [1.165, 1.54) is 77.7 Å². The fourth-order valence-corrected chi connectivity index (χ4v) is 12.6. The van der Waals surface area contributed by atoms with E-state index < -0.39 is 0 Å². The van der Waals surface area contributed by atoms with Gasteiger partial charge in [0.25, 0.3) is 0 Å². The first-order valence-corrected chi connectivity index (χ1v) is 24.8. The molecule has 1 atom stereocenters. The van der Waals surface area contributed by atoms with Crippen LogP contribution in [0.5, 0.6) is 0 Å². The van der Waals surface area contributed by atoms with Crippen LogP contribution in [-0.4, -0.2) is 0 Å². The first-order valence-electron chi connectivity index (χ1n) is 24.8. The summed E-state index contributed by atoms with van der Waals surface area (Å²) in [5.74, 6) is 0. The first kappa shape index (κ1) is 41.3. The molecular weight excluding hydrogens is 859 g/mol. The van der Waals surface area contributed by atoms with E-state index in [0.717, 1.165) is 55.5 Å². The molecule has 2 heteroatoms. The number of hydrogen-bond acceptors (Lipinski definition) is 2. The summed E-state index contributed by atoms with van der Waals surface area (Å²) in [5.41, 5.74) is 23.6. The van der Waals surface area contributed by atoms with Gasteiger partial charge in [0.15, 0.2) is 0 Å². The minimum Gasteiger partial charge on any atom is -0.455 e. The zero-order chi connectivity index (χ0) is 47.4. The molecule has 11 aromatic carbocycles. The van der Waals surface area contributed by atoms with Gasteiger partial charge in [0.2, 0.25) is 0 Å². The minimum absolute atomic E-state index is 0.198. The molecule has 12 aromatic rings. The van der Waals surface area contributed by atoms with Crippen molar-refractivity contribution in [1.82, 2.24) is 0 Å². The van der Waals surface area contributed by atoms with Crippen LogP contribution in [0.4, 0.5) is 17.1 Å². The van der Waals surface area contributed by atoms with Crippen LogP contribution in [0.15, 0.2) is 247 Å². The van der Waals surface area contributed by atoms with Gasteiger partial charge in [-0.05, 0) is 127 Å². The van der Waals surface area contributed by atoms with Crippen LogP contribution in [0.1, 0.15) is 48.6 Å². The molecule has 14 rings (SSSR count). The third-order valence-electron chi connectivity index (χ3n) is 16.0. The molecule has 2 aliphatic rings. The van der Waals surface area contributed by atoms with Crippen LogP contribution >= 0.6 is 0 Å². The SMILES string of the molecule is CC1(C)c2ccccc2-c2cccc(-c3ccccc3N(c3ccc(-c4ccc5c(c4)C(C)(c4ccccc4)c4ccccc4-5)cc3)c3ccccc3-c3cccc4oc5c6ccccc6ccc5c34)c21. The number of nitrogens with zero attached hydrogens (tertiary/aromatic N) is 1. The van der Waals surface area contributed by atoms with Crippen molar-refractivity contribution in [1.29, 1.82) is 0 Å². The maximum atomic E-state index is 6.79. The van der Waals surface area contributed by atoms with Crippen molar-refractivity contribution in [3.8, 4) is 55.6 Å². The highest BCUT2D eigenvalue weighted by atomic mass is 16.3. The molecule has 1 unspecified atom stereocenters. The van der Waals surface area contributed by atoms with Crippen molar-refractivity contribution in [3.63, 3.8) is 0 Å². The van der Waals surface area contributed by atoms with Gasteiger partial charge >= 0.3 is 0 Å². The first-order chi connectivity index (χ1) is 34.9. The molecule has 0 saturated carbocycles. The van der Waals surface area contributed by atoms with Crippen molar-refractivity contribution >= 4 is 49.8 Å². The standard InChI is InChI=1S/C69H49NO/c1-68(2)59-30-13-9-24-51(59)56-28-17-29-57(66(56)68)54-26-12-16-33-63(54)70(62-32-15-11-25-53(62)55-27-18-34-64-65(55)58-42-37-45-19-7-8-22-49(45)67(58)71-64)48-39-35-44(36-40-48)46-38-41-52-50-23-10-14-31-60(50)69(3,61(52)43-46)47-20-5-4-6-21-47/h4-43H,1-3H3. The second-order valence-electron chi connectivity index (χ2n) is 20.1. The zero-order valence-corrected chi connectivity index (χ0v) is 39.9. The Kier molecular flexibility index (Phi) is 9.10. The highest BCUT2D eigenvalue weighted by Gasteiger charge is 2.41. The predicted molar refractivity (Wildman–Crippen MR) is 297 cm³/mol. The van der Waals surface area contributed by atoms with Gasteiger partial charge in [0.1, 0.15) is 11.2 Å². The van der Waals surface area contributed by atoms with Crippen LogP contribution in [0.25, 0.3) is 88.3 Å². The van der Waals surface area contributed by atoms with Gasteiger partial charge in [-0.2, -0.15) is 0 Å². The number of anilines is 3. The molecule has 2 nitrogen and oxygen atoms in total. The Hall–Kier alpha value is -8.72. The Morgan fingerprint density at radius 2 is 0.915 bits per heavy atom. The lowest BCUT2D eigenvalue weighted by Crippen LogP contribution is -2.22. The van der Waals surface area contributed by atoms with Crippen LogP contribution in [0.2, 0.25) is 0 Å². The summed E-state index contributed by atoms with van der Waals surface area (Å²) in [6.45, 7) is 7.16. The van der Waals surface area contributed by atoms with Crippen LogP contribution in [0.3, 0.4) is 0 Å². The average Bonchev–Trinajstić information content (AvgIpc) is 4.04. The Balaban J connectivity index is 0.966. The quantitative estimate of drug-likeness (QED) is 0.158. The van der Waals surface area contributed by atoms with Gasteiger partial charge in [0, 0.05) is 43.8 Å². The number of rotatable bonds is 7. The van der Waals surface area contributed by atoms with Crippen molar-refractivity contribution < 1.29 is 4.42 Å². The minimum atomic E-state index is -0.281. The summed E-state index contributed by atoms with van der Waals surface area (Å²) in [7, 11) is 0. The maximum absolute atomic E-state index is 6.79. The molecule has 0 spiro atoms. The molecule has 336 valence electrons. The summed E-state index contributed by atoms with van der Waals surface area (Å²) >= 11 is 0. The molecular formula is C69H49NO. The lowest BCUT2D eigenvalue weighted by Gasteiger charge is -2.31. The molecule has 0 N–H and O–H groups in total. The Morgan fingerprint density at radius 1 is 0.366 bits per heavy atom. The third kappa shape index (κ3) is 6.07. The Labute approximate surface area is 414 Å². The molecule has 1 heterocycles. The van der Waals surface area contributed by atoms with Crippen molar-refractivity contribution in [2.75, 3.05) is 4.90 Å². The number of benzene rings is 11. The van der Waals surface area contributed by atoms with Crippen LogP contribution < -0.4 is 4.90 Å². The van der Waals surface area contributed by atoms with Crippen molar-refractivity contribution in [2.24, 2.45) is 0 Å². The highest BCUT2D eigenvalue weighted by Crippen LogP contribution is 2.56. The molecule has 2 aliphatic carbocycles.